The van der Waals surface area contributed by atoms with Crippen LogP contribution in [0, 0.1) is 12.7 Å². The normalized spacial score (nSPS) is 16.3. The quantitative estimate of drug-likeness (QED) is 0.349. The lowest BCUT2D eigenvalue weighted by molar-refractivity contribution is -0.126. The Balaban J connectivity index is 1.71. The molecule has 0 radical (unpaired) electrons. The van der Waals surface area contributed by atoms with Crippen molar-refractivity contribution in [1.29, 1.82) is 0 Å². The fourth-order valence-corrected chi connectivity index (χ4v) is 5.97. The zero-order valence-electron chi connectivity index (χ0n) is 23.3. The first kappa shape index (κ1) is 27.6. The Labute approximate surface area is 245 Å². The van der Waals surface area contributed by atoms with E-state index in [2.05, 4.69) is 21.5 Å². The molecule has 1 fully saturated rings. The van der Waals surface area contributed by atoms with Crippen molar-refractivity contribution in [3.05, 3.63) is 75.7 Å². The molecule has 42 heavy (non-hydrogen) atoms. The van der Waals surface area contributed by atoms with Crippen LogP contribution in [0.15, 0.2) is 47.9 Å². The Hall–Kier alpha value is -4.51. The molecule has 2 aliphatic rings. The topological polar surface area (TPSA) is 114 Å². The zero-order chi connectivity index (χ0) is 29.9. The largest absolute Gasteiger partial charge is 0.507 e. The molecule has 4 aromatic rings. The summed E-state index contributed by atoms with van der Waals surface area (Å²) in [5.41, 5.74) is 0.992. The number of phenolic OH excluding ortho intramolecular Hbond substituents is 1. The lowest BCUT2D eigenvalue weighted by Gasteiger charge is -2.40. The number of halogens is 2. The molecule has 1 N–H and O–H groups in total. The Kier molecular flexibility index (Phi) is 6.84. The number of piperazine rings is 1. The van der Waals surface area contributed by atoms with Gasteiger partial charge in [-0.2, -0.15) is 4.98 Å². The molecule has 1 saturated heterocycles. The van der Waals surface area contributed by atoms with Gasteiger partial charge in [0, 0.05) is 25.8 Å². The highest BCUT2D eigenvalue weighted by Gasteiger charge is 2.38. The van der Waals surface area contributed by atoms with Crippen molar-refractivity contribution in [1.82, 2.24) is 24.4 Å². The van der Waals surface area contributed by atoms with Crippen LogP contribution >= 0.6 is 11.6 Å². The third-order valence-corrected chi connectivity index (χ3v) is 8.03. The number of aromatic hydroxyl groups is 1. The van der Waals surface area contributed by atoms with E-state index in [4.69, 9.17) is 16.3 Å². The Morgan fingerprint density at radius 1 is 1.26 bits per heavy atom. The maximum absolute atomic E-state index is 16.5. The summed E-state index contributed by atoms with van der Waals surface area (Å²) in [5.74, 6) is -1.40. The number of phenols is 1. The summed E-state index contributed by atoms with van der Waals surface area (Å²) in [5, 5.41) is 11.0. The number of carbonyl (C=O) groups is 1. The Morgan fingerprint density at radius 2 is 2.05 bits per heavy atom. The van der Waals surface area contributed by atoms with E-state index >= 15 is 4.39 Å². The minimum Gasteiger partial charge on any atom is -0.507 e. The van der Waals surface area contributed by atoms with Crippen molar-refractivity contribution < 1.29 is 19.0 Å². The maximum atomic E-state index is 16.5. The molecule has 3 aromatic heterocycles. The zero-order valence-corrected chi connectivity index (χ0v) is 24.0. The monoisotopic (exact) mass is 590 g/mol. The molecule has 1 aromatic carbocycles. The lowest BCUT2D eigenvalue weighted by Crippen LogP contribution is -2.56. The molecular formula is C30H28ClFN6O4. The number of amides is 1. The number of pyridine rings is 2. The maximum Gasteiger partial charge on any atom is 0.355 e. The van der Waals surface area contributed by atoms with E-state index in [0.717, 1.165) is 5.56 Å². The molecule has 0 spiro atoms. The fraction of sp³-hybridized carbons (Fsp3) is 0.300. The van der Waals surface area contributed by atoms with E-state index in [1.54, 1.807) is 17.2 Å². The molecule has 0 bridgehead atoms. The number of aryl methyl sites for hydroxylation is 1. The number of hydrogen-bond donors (Lipinski definition) is 1. The van der Waals surface area contributed by atoms with Crippen LogP contribution in [-0.4, -0.2) is 67.7 Å². The summed E-state index contributed by atoms with van der Waals surface area (Å²) >= 11 is 6.45. The summed E-state index contributed by atoms with van der Waals surface area (Å²) < 4.78 is 24.0. The first-order valence-corrected chi connectivity index (χ1v) is 13.9. The van der Waals surface area contributed by atoms with Crippen molar-refractivity contribution >= 4 is 34.4 Å². The molecule has 5 heterocycles. The van der Waals surface area contributed by atoms with Gasteiger partial charge >= 0.3 is 5.69 Å². The van der Waals surface area contributed by atoms with E-state index < -0.39 is 17.5 Å². The van der Waals surface area contributed by atoms with Crippen LogP contribution < -0.4 is 15.3 Å². The van der Waals surface area contributed by atoms with Crippen molar-refractivity contribution in [3.8, 4) is 28.4 Å². The first-order valence-electron chi connectivity index (χ1n) is 13.5. The van der Waals surface area contributed by atoms with Crippen LogP contribution in [0.4, 0.5) is 10.2 Å². The number of benzene rings is 1. The van der Waals surface area contributed by atoms with Crippen molar-refractivity contribution in [3.63, 3.8) is 0 Å². The number of rotatable bonds is 4. The molecule has 1 amide bonds. The predicted molar refractivity (Wildman–Crippen MR) is 157 cm³/mol. The average Bonchev–Trinajstić information content (AvgIpc) is 3.12. The highest BCUT2D eigenvalue weighted by molar-refractivity contribution is 6.33. The molecular weight excluding hydrogens is 563 g/mol. The van der Waals surface area contributed by atoms with E-state index in [0.29, 0.717) is 24.5 Å². The summed E-state index contributed by atoms with van der Waals surface area (Å²) in [6.07, 6.45) is 2.91. The van der Waals surface area contributed by atoms with Crippen LogP contribution in [-0.2, 0) is 4.79 Å². The number of nitrogens with zero attached hydrogens (tertiary/aromatic N) is 6. The number of anilines is 1. The number of hydrogen-bond acceptors (Lipinski definition) is 8. The van der Waals surface area contributed by atoms with Gasteiger partial charge in [0.1, 0.15) is 29.3 Å². The minimum absolute atomic E-state index is 0.00137. The molecule has 1 unspecified atom stereocenters. The summed E-state index contributed by atoms with van der Waals surface area (Å²) in [6.45, 7) is 10.3. The Bertz CT molecular complexity index is 1820. The van der Waals surface area contributed by atoms with Crippen LogP contribution in [0.3, 0.4) is 0 Å². The average molecular weight is 591 g/mol. The van der Waals surface area contributed by atoms with Gasteiger partial charge in [0.15, 0.2) is 17.2 Å². The second-order valence-electron chi connectivity index (χ2n) is 10.7. The molecule has 6 rings (SSSR count). The van der Waals surface area contributed by atoms with E-state index in [1.165, 1.54) is 28.8 Å². The van der Waals surface area contributed by atoms with Crippen LogP contribution in [0.2, 0.25) is 5.02 Å². The second kappa shape index (κ2) is 10.4. The molecule has 10 nitrogen and oxygen atoms in total. The third kappa shape index (κ3) is 4.27. The van der Waals surface area contributed by atoms with Gasteiger partial charge in [0.25, 0.3) is 0 Å². The Morgan fingerprint density at radius 3 is 2.76 bits per heavy atom. The van der Waals surface area contributed by atoms with Gasteiger partial charge in [0.2, 0.25) is 5.91 Å². The lowest BCUT2D eigenvalue weighted by atomic mass is 10.0. The van der Waals surface area contributed by atoms with Gasteiger partial charge in [-0.1, -0.05) is 38.1 Å². The fourth-order valence-electron chi connectivity index (χ4n) is 5.71. The first-order chi connectivity index (χ1) is 20.1. The van der Waals surface area contributed by atoms with Crippen LogP contribution in [0.5, 0.6) is 11.5 Å². The van der Waals surface area contributed by atoms with Gasteiger partial charge < -0.3 is 19.6 Å². The minimum atomic E-state index is -0.856. The summed E-state index contributed by atoms with van der Waals surface area (Å²) in [4.78, 5) is 43.6. The van der Waals surface area contributed by atoms with E-state index in [9.17, 15) is 14.7 Å². The second-order valence-corrected chi connectivity index (χ2v) is 11.1. The smallest absolute Gasteiger partial charge is 0.355 e. The van der Waals surface area contributed by atoms with Crippen LogP contribution in [0.25, 0.3) is 28.0 Å². The summed E-state index contributed by atoms with van der Waals surface area (Å²) in [7, 11) is 0. The predicted octanol–water partition coefficient (Wildman–Crippen LogP) is 4.37. The van der Waals surface area contributed by atoms with Crippen molar-refractivity contribution in [2.45, 2.75) is 32.7 Å². The van der Waals surface area contributed by atoms with E-state index in [-0.39, 0.29) is 69.6 Å². The summed E-state index contributed by atoms with van der Waals surface area (Å²) in [6, 6.07) is 5.78. The highest BCUT2D eigenvalue weighted by atomic mass is 35.5. The molecule has 216 valence electrons. The molecule has 2 aliphatic heterocycles. The SMILES string of the molecule is C=CC(=O)N1CCN2c3nc(=O)n(-c4c(C)ccnc4C(C)C)c4nc(-c5c(O)cccc5Cl)c(F)c(c34)OCC2C1. The van der Waals surface area contributed by atoms with Gasteiger partial charge in [-0.15, -0.1) is 0 Å². The van der Waals surface area contributed by atoms with E-state index in [1.807, 2.05) is 25.7 Å². The molecule has 0 aliphatic carbocycles. The number of aromatic nitrogens is 4. The van der Waals surface area contributed by atoms with Gasteiger partial charge in [-0.25, -0.2) is 18.7 Å². The number of ether oxygens (including phenoxy) is 1. The number of fused-ring (bicyclic) bond motifs is 2. The van der Waals surface area contributed by atoms with Crippen LogP contribution in [0.1, 0.15) is 31.0 Å². The molecule has 12 heteroatoms. The highest BCUT2D eigenvalue weighted by Crippen LogP contribution is 2.45. The van der Waals surface area contributed by atoms with Crippen molar-refractivity contribution in [2.24, 2.45) is 0 Å². The third-order valence-electron chi connectivity index (χ3n) is 7.72. The van der Waals surface area contributed by atoms with Gasteiger partial charge in [0.05, 0.1) is 28.0 Å². The van der Waals surface area contributed by atoms with Crippen molar-refractivity contribution in [2.75, 3.05) is 31.1 Å². The molecule has 0 saturated carbocycles. The van der Waals surface area contributed by atoms with Gasteiger partial charge in [-0.05, 0) is 42.7 Å². The number of carbonyl (C=O) groups excluding carboxylic acids is 1. The standard InChI is InChI=1S/C30H28ClFN6O4/c1-5-20(40)36-11-12-37-17(13-36)14-42-27-22-28(37)35-30(41)38(26-16(4)9-10-33-24(26)15(2)3)29(22)34-25(23(27)32)21-18(31)7-6-8-19(21)39/h5-10,15,17,39H,1,11-14H2,2-4H3. The van der Waals surface area contributed by atoms with Gasteiger partial charge in [-0.3, -0.25) is 9.78 Å². The molecule has 1 atom stereocenters.